The van der Waals surface area contributed by atoms with Gasteiger partial charge in [0, 0.05) is 11.6 Å². The van der Waals surface area contributed by atoms with Crippen LogP contribution >= 0.6 is 0 Å². The lowest BCUT2D eigenvalue weighted by atomic mass is 9.88. The van der Waals surface area contributed by atoms with Crippen molar-refractivity contribution in [3.63, 3.8) is 0 Å². The molecule has 0 aromatic heterocycles. The zero-order valence-corrected chi connectivity index (χ0v) is 11.6. The van der Waals surface area contributed by atoms with E-state index in [9.17, 15) is 9.18 Å². The number of aryl methyl sites for hydroxylation is 1. The SMILES string of the molecule is Nc1cc(C(=O)NC2CCc3ccccc3C2)ccc1F. The predicted octanol–water partition coefficient (Wildman–Crippen LogP) is 2.70. The van der Waals surface area contributed by atoms with Gasteiger partial charge < -0.3 is 11.1 Å². The Labute approximate surface area is 123 Å². The maximum absolute atomic E-state index is 13.1. The highest BCUT2D eigenvalue weighted by atomic mass is 19.1. The Morgan fingerprint density at radius 2 is 1.95 bits per heavy atom. The number of nitrogen functional groups attached to an aromatic ring is 1. The summed E-state index contributed by atoms with van der Waals surface area (Å²) in [6.07, 6.45) is 2.71. The molecule has 0 saturated heterocycles. The van der Waals surface area contributed by atoms with Crippen LogP contribution < -0.4 is 11.1 Å². The third kappa shape index (κ3) is 2.89. The van der Waals surface area contributed by atoms with Gasteiger partial charge in [-0.1, -0.05) is 24.3 Å². The smallest absolute Gasteiger partial charge is 0.251 e. The molecule has 1 aliphatic carbocycles. The van der Waals surface area contributed by atoms with E-state index in [4.69, 9.17) is 5.73 Å². The van der Waals surface area contributed by atoms with Gasteiger partial charge in [0.05, 0.1) is 5.69 Å². The van der Waals surface area contributed by atoms with Crippen LogP contribution in [0.1, 0.15) is 27.9 Å². The van der Waals surface area contributed by atoms with Gasteiger partial charge in [-0.2, -0.15) is 0 Å². The zero-order valence-electron chi connectivity index (χ0n) is 11.6. The largest absolute Gasteiger partial charge is 0.396 e. The molecule has 0 spiro atoms. The van der Waals surface area contributed by atoms with E-state index in [1.807, 2.05) is 12.1 Å². The highest BCUT2D eigenvalue weighted by molar-refractivity contribution is 5.95. The van der Waals surface area contributed by atoms with Gasteiger partial charge in [0.2, 0.25) is 0 Å². The van der Waals surface area contributed by atoms with Gasteiger partial charge in [0.25, 0.3) is 5.91 Å². The number of rotatable bonds is 2. The lowest BCUT2D eigenvalue weighted by Gasteiger charge is -2.25. The van der Waals surface area contributed by atoms with Gasteiger partial charge in [-0.15, -0.1) is 0 Å². The quantitative estimate of drug-likeness (QED) is 0.833. The van der Waals surface area contributed by atoms with Crippen LogP contribution in [0.15, 0.2) is 42.5 Å². The number of amides is 1. The second kappa shape index (κ2) is 5.56. The van der Waals surface area contributed by atoms with E-state index >= 15 is 0 Å². The van der Waals surface area contributed by atoms with Crippen molar-refractivity contribution in [1.82, 2.24) is 5.32 Å². The molecule has 1 aliphatic rings. The molecule has 3 rings (SSSR count). The topological polar surface area (TPSA) is 55.1 Å². The Morgan fingerprint density at radius 3 is 2.71 bits per heavy atom. The van der Waals surface area contributed by atoms with Crippen molar-refractivity contribution in [2.45, 2.75) is 25.3 Å². The average molecular weight is 284 g/mol. The molecule has 1 unspecified atom stereocenters. The van der Waals surface area contributed by atoms with E-state index in [1.165, 1.54) is 29.3 Å². The monoisotopic (exact) mass is 284 g/mol. The van der Waals surface area contributed by atoms with Crippen LogP contribution in [0.3, 0.4) is 0 Å². The molecule has 1 atom stereocenters. The highest BCUT2D eigenvalue weighted by Crippen LogP contribution is 2.21. The van der Waals surface area contributed by atoms with Crippen LogP contribution in [0, 0.1) is 5.82 Å². The molecule has 108 valence electrons. The summed E-state index contributed by atoms with van der Waals surface area (Å²) in [5.41, 5.74) is 8.53. The molecule has 0 heterocycles. The number of anilines is 1. The summed E-state index contributed by atoms with van der Waals surface area (Å²) in [7, 11) is 0. The normalized spacial score (nSPS) is 17.1. The molecule has 2 aromatic carbocycles. The van der Waals surface area contributed by atoms with Crippen LogP contribution in [0.2, 0.25) is 0 Å². The Bertz CT molecular complexity index is 684. The number of hydrogen-bond donors (Lipinski definition) is 2. The summed E-state index contributed by atoms with van der Waals surface area (Å²) in [4.78, 5) is 12.2. The van der Waals surface area contributed by atoms with Crippen molar-refractivity contribution in [2.75, 3.05) is 5.73 Å². The van der Waals surface area contributed by atoms with Crippen LogP contribution in [0.4, 0.5) is 10.1 Å². The van der Waals surface area contributed by atoms with E-state index in [0.29, 0.717) is 5.56 Å². The van der Waals surface area contributed by atoms with Crippen LogP contribution in [-0.2, 0) is 12.8 Å². The third-order valence-electron chi connectivity index (χ3n) is 3.94. The fraction of sp³-hybridized carbons (Fsp3) is 0.235. The van der Waals surface area contributed by atoms with E-state index < -0.39 is 5.82 Å². The number of nitrogens with one attached hydrogen (secondary N) is 1. The number of carbonyl (C=O) groups excluding carboxylic acids is 1. The lowest BCUT2D eigenvalue weighted by molar-refractivity contribution is 0.0933. The van der Waals surface area contributed by atoms with Crippen molar-refractivity contribution in [3.05, 3.63) is 65.0 Å². The summed E-state index contributed by atoms with van der Waals surface area (Å²) in [6.45, 7) is 0. The summed E-state index contributed by atoms with van der Waals surface area (Å²) in [6, 6.07) is 12.5. The molecular formula is C17H17FN2O. The van der Waals surface area contributed by atoms with Crippen molar-refractivity contribution in [1.29, 1.82) is 0 Å². The van der Waals surface area contributed by atoms with Gasteiger partial charge >= 0.3 is 0 Å². The molecule has 0 bridgehead atoms. The number of hydrogen-bond acceptors (Lipinski definition) is 2. The molecule has 2 aromatic rings. The summed E-state index contributed by atoms with van der Waals surface area (Å²) >= 11 is 0. The highest BCUT2D eigenvalue weighted by Gasteiger charge is 2.20. The minimum Gasteiger partial charge on any atom is -0.396 e. The number of carbonyl (C=O) groups is 1. The number of benzene rings is 2. The maximum Gasteiger partial charge on any atom is 0.251 e. The summed E-state index contributed by atoms with van der Waals surface area (Å²) in [5.74, 6) is -0.704. The molecule has 3 N–H and O–H groups in total. The fourth-order valence-electron chi connectivity index (χ4n) is 2.77. The van der Waals surface area contributed by atoms with Crippen molar-refractivity contribution in [2.24, 2.45) is 0 Å². The molecule has 4 heteroatoms. The Kier molecular flexibility index (Phi) is 3.60. The van der Waals surface area contributed by atoms with Crippen molar-refractivity contribution < 1.29 is 9.18 Å². The minimum atomic E-state index is -0.502. The molecular weight excluding hydrogens is 267 g/mol. The van der Waals surface area contributed by atoms with Gasteiger partial charge in [0.1, 0.15) is 5.82 Å². The molecule has 0 radical (unpaired) electrons. The molecule has 1 amide bonds. The van der Waals surface area contributed by atoms with Gasteiger partial charge in [0.15, 0.2) is 0 Å². The molecule has 0 saturated carbocycles. The first-order chi connectivity index (χ1) is 10.1. The first-order valence-corrected chi connectivity index (χ1v) is 7.06. The van der Waals surface area contributed by atoms with Crippen molar-refractivity contribution >= 4 is 11.6 Å². The van der Waals surface area contributed by atoms with Crippen LogP contribution in [0.25, 0.3) is 0 Å². The third-order valence-corrected chi connectivity index (χ3v) is 3.94. The Hall–Kier alpha value is -2.36. The Morgan fingerprint density at radius 1 is 1.19 bits per heavy atom. The second-order valence-electron chi connectivity index (χ2n) is 5.42. The molecule has 0 fully saturated rings. The second-order valence-corrected chi connectivity index (χ2v) is 5.42. The zero-order chi connectivity index (χ0) is 14.8. The standard InChI is InChI=1S/C17H17FN2O/c18-15-8-6-13(10-16(15)19)17(21)20-14-7-5-11-3-1-2-4-12(11)9-14/h1-4,6,8,10,14H,5,7,9,19H2,(H,20,21). The summed E-state index contributed by atoms with van der Waals surface area (Å²) < 4.78 is 13.1. The van der Waals surface area contributed by atoms with Gasteiger partial charge in [-0.3, -0.25) is 4.79 Å². The number of fused-ring (bicyclic) bond motifs is 1. The first-order valence-electron chi connectivity index (χ1n) is 7.06. The Balaban J connectivity index is 1.70. The molecule has 0 aliphatic heterocycles. The molecule has 3 nitrogen and oxygen atoms in total. The molecule has 21 heavy (non-hydrogen) atoms. The summed E-state index contributed by atoms with van der Waals surface area (Å²) in [5, 5.41) is 3.01. The average Bonchev–Trinajstić information content (AvgIpc) is 2.50. The first kappa shape index (κ1) is 13.6. The van der Waals surface area contributed by atoms with Crippen molar-refractivity contribution in [3.8, 4) is 0 Å². The fourth-order valence-corrected chi connectivity index (χ4v) is 2.77. The number of nitrogens with two attached hydrogens (primary N) is 1. The maximum atomic E-state index is 13.1. The predicted molar refractivity (Wildman–Crippen MR) is 80.5 cm³/mol. The lowest BCUT2D eigenvalue weighted by Crippen LogP contribution is -2.38. The van der Waals surface area contributed by atoms with E-state index in [2.05, 4.69) is 17.4 Å². The van der Waals surface area contributed by atoms with E-state index in [-0.39, 0.29) is 17.6 Å². The van der Waals surface area contributed by atoms with E-state index in [0.717, 1.165) is 19.3 Å². The van der Waals surface area contributed by atoms with Crippen LogP contribution in [0.5, 0.6) is 0 Å². The van der Waals surface area contributed by atoms with Gasteiger partial charge in [-0.25, -0.2) is 4.39 Å². The number of halogens is 1. The van der Waals surface area contributed by atoms with E-state index in [1.54, 1.807) is 0 Å². The van der Waals surface area contributed by atoms with Gasteiger partial charge in [-0.05, 0) is 48.6 Å². The minimum absolute atomic E-state index is 0.00311. The van der Waals surface area contributed by atoms with Crippen LogP contribution in [-0.4, -0.2) is 11.9 Å².